The number of thiazole rings is 1. The van der Waals surface area contributed by atoms with Gasteiger partial charge in [-0.3, -0.25) is 10.1 Å². The van der Waals surface area contributed by atoms with Crippen molar-refractivity contribution in [3.05, 3.63) is 53.4 Å². The molecule has 0 aliphatic heterocycles. The van der Waals surface area contributed by atoms with Crippen LogP contribution in [0.4, 0.5) is 5.13 Å². The molecule has 0 fully saturated rings. The van der Waals surface area contributed by atoms with Crippen molar-refractivity contribution in [1.29, 1.82) is 0 Å². The average Bonchev–Trinajstić information content (AvgIpc) is 3.19. The van der Waals surface area contributed by atoms with Gasteiger partial charge in [0.2, 0.25) is 0 Å². The number of hydrogen-bond donors (Lipinski definition) is 2. The molecule has 1 amide bonds. The predicted molar refractivity (Wildman–Crippen MR) is 108 cm³/mol. The van der Waals surface area contributed by atoms with E-state index in [1.54, 1.807) is 31.7 Å². The van der Waals surface area contributed by atoms with Gasteiger partial charge in [-0.2, -0.15) is 0 Å². The number of benzene rings is 2. The zero-order valence-corrected chi connectivity index (χ0v) is 16.5. The third kappa shape index (κ3) is 5.02. The molecule has 0 aliphatic carbocycles. The number of hydrogen-bond acceptors (Lipinski definition) is 8. The zero-order valence-electron chi connectivity index (χ0n) is 15.7. The Morgan fingerprint density at radius 3 is 2.62 bits per heavy atom. The van der Waals surface area contributed by atoms with E-state index in [-0.39, 0.29) is 11.3 Å². The van der Waals surface area contributed by atoms with E-state index in [0.29, 0.717) is 22.3 Å². The molecule has 3 rings (SSSR count). The first kappa shape index (κ1) is 20.2. The number of nitrogens with one attached hydrogen (secondary N) is 1. The highest BCUT2D eigenvalue weighted by Gasteiger charge is 2.13. The van der Waals surface area contributed by atoms with Gasteiger partial charge in [0.1, 0.15) is 5.75 Å². The third-order valence-electron chi connectivity index (χ3n) is 3.85. The molecule has 3 aromatic rings. The zero-order chi connectivity index (χ0) is 20.8. The average molecular weight is 414 g/mol. The number of carbonyl (C=O) groups is 2. The van der Waals surface area contributed by atoms with E-state index in [2.05, 4.69) is 10.3 Å². The lowest BCUT2D eigenvalue weighted by Crippen LogP contribution is -2.20. The molecule has 29 heavy (non-hydrogen) atoms. The smallest absolute Gasteiger partial charge is 0.338 e. The molecule has 0 saturated carbocycles. The summed E-state index contributed by atoms with van der Waals surface area (Å²) in [7, 11) is 3.10. The Hall–Kier alpha value is -3.59. The quantitative estimate of drug-likeness (QED) is 0.571. The third-order valence-corrected chi connectivity index (χ3v) is 4.60. The van der Waals surface area contributed by atoms with Gasteiger partial charge in [-0.15, -0.1) is 11.3 Å². The Morgan fingerprint density at radius 1 is 1.10 bits per heavy atom. The van der Waals surface area contributed by atoms with Crippen molar-refractivity contribution in [2.24, 2.45) is 0 Å². The molecule has 2 N–H and O–H groups in total. The Kier molecular flexibility index (Phi) is 6.30. The molecule has 0 saturated heterocycles. The number of nitrogens with zero attached hydrogens (tertiary/aromatic N) is 1. The molecular weight excluding hydrogens is 396 g/mol. The molecule has 0 radical (unpaired) electrons. The van der Waals surface area contributed by atoms with Crippen LogP contribution in [0, 0.1) is 0 Å². The minimum atomic E-state index is -0.707. The fourth-order valence-electron chi connectivity index (χ4n) is 2.46. The number of amides is 1. The predicted octanol–water partition coefficient (Wildman–Crippen LogP) is 3.33. The second-order valence-corrected chi connectivity index (χ2v) is 6.64. The maximum Gasteiger partial charge on any atom is 0.338 e. The standard InChI is InChI=1S/C20H18N2O6S/c1-26-16-7-6-12(9-17(16)27-2)15-11-29-20(21-15)22-18(24)10-28-19(25)13-4-3-5-14(23)8-13/h3-9,11,23H,10H2,1-2H3,(H,21,22,24). The minimum absolute atomic E-state index is 0.0608. The van der Waals surface area contributed by atoms with Gasteiger partial charge in [0.25, 0.3) is 5.91 Å². The first-order chi connectivity index (χ1) is 14.0. The lowest BCUT2D eigenvalue weighted by Gasteiger charge is -2.08. The molecule has 0 spiro atoms. The van der Waals surface area contributed by atoms with E-state index in [4.69, 9.17) is 14.2 Å². The minimum Gasteiger partial charge on any atom is -0.508 e. The number of anilines is 1. The van der Waals surface area contributed by atoms with Crippen molar-refractivity contribution in [2.75, 3.05) is 26.1 Å². The molecule has 150 valence electrons. The molecule has 9 heteroatoms. The van der Waals surface area contributed by atoms with Gasteiger partial charge < -0.3 is 19.3 Å². The van der Waals surface area contributed by atoms with Crippen LogP contribution in [-0.4, -0.2) is 42.8 Å². The maximum absolute atomic E-state index is 12.0. The lowest BCUT2D eigenvalue weighted by molar-refractivity contribution is -0.119. The fourth-order valence-corrected chi connectivity index (χ4v) is 3.20. The van der Waals surface area contributed by atoms with Gasteiger partial charge >= 0.3 is 5.97 Å². The molecule has 2 aromatic carbocycles. The first-order valence-corrected chi connectivity index (χ1v) is 9.32. The number of methoxy groups -OCH3 is 2. The van der Waals surface area contributed by atoms with Crippen LogP contribution in [0.2, 0.25) is 0 Å². The van der Waals surface area contributed by atoms with E-state index in [9.17, 15) is 14.7 Å². The Morgan fingerprint density at radius 2 is 1.90 bits per heavy atom. The summed E-state index contributed by atoms with van der Waals surface area (Å²) in [4.78, 5) is 28.3. The molecule has 1 heterocycles. The summed E-state index contributed by atoms with van der Waals surface area (Å²) in [6.45, 7) is -0.472. The highest BCUT2D eigenvalue weighted by atomic mass is 32.1. The van der Waals surface area contributed by atoms with Crippen molar-refractivity contribution in [1.82, 2.24) is 4.98 Å². The van der Waals surface area contributed by atoms with Crippen LogP contribution >= 0.6 is 11.3 Å². The topological polar surface area (TPSA) is 107 Å². The SMILES string of the molecule is COc1ccc(-c2csc(NC(=O)COC(=O)c3cccc(O)c3)n2)cc1OC. The summed E-state index contributed by atoms with van der Waals surface area (Å²) in [5, 5.41) is 14.1. The van der Waals surface area contributed by atoms with Crippen LogP contribution < -0.4 is 14.8 Å². The van der Waals surface area contributed by atoms with Gasteiger partial charge in [-0.05, 0) is 36.4 Å². The number of rotatable bonds is 7. The summed E-state index contributed by atoms with van der Waals surface area (Å²) in [6, 6.07) is 11.1. The molecule has 0 aliphatic rings. The van der Waals surface area contributed by atoms with E-state index in [1.807, 2.05) is 6.07 Å². The monoisotopic (exact) mass is 414 g/mol. The summed E-state index contributed by atoms with van der Waals surface area (Å²) in [5.41, 5.74) is 1.61. The second kappa shape index (κ2) is 9.07. The van der Waals surface area contributed by atoms with Crippen LogP contribution in [-0.2, 0) is 9.53 Å². The number of phenolic OH excluding ortho intramolecular Hbond substituents is 1. The summed E-state index contributed by atoms with van der Waals surface area (Å²) in [5.74, 6) is -0.113. The van der Waals surface area contributed by atoms with Crippen molar-refractivity contribution in [2.45, 2.75) is 0 Å². The normalized spacial score (nSPS) is 10.3. The summed E-state index contributed by atoms with van der Waals surface area (Å²) >= 11 is 1.24. The highest BCUT2D eigenvalue weighted by Crippen LogP contribution is 2.33. The molecule has 8 nitrogen and oxygen atoms in total. The summed E-state index contributed by atoms with van der Waals surface area (Å²) in [6.07, 6.45) is 0. The number of aromatic hydroxyl groups is 1. The Balaban J connectivity index is 1.60. The number of esters is 1. The fraction of sp³-hybridized carbons (Fsp3) is 0.150. The number of carbonyl (C=O) groups excluding carboxylic acids is 2. The second-order valence-electron chi connectivity index (χ2n) is 5.78. The van der Waals surface area contributed by atoms with E-state index in [0.717, 1.165) is 5.56 Å². The number of phenols is 1. The lowest BCUT2D eigenvalue weighted by atomic mass is 10.1. The van der Waals surface area contributed by atoms with Crippen molar-refractivity contribution in [3.63, 3.8) is 0 Å². The Bertz CT molecular complexity index is 1030. The molecule has 0 bridgehead atoms. The van der Waals surface area contributed by atoms with Gasteiger partial charge in [0.15, 0.2) is 23.2 Å². The van der Waals surface area contributed by atoms with Crippen LogP contribution in [0.25, 0.3) is 11.3 Å². The Labute approximate surface area is 170 Å². The molecular formula is C20H18N2O6S. The number of aromatic nitrogens is 1. The number of ether oxygens (including phenoxy) is 3. The van der Waals surface area contributed by atoms with E-state index >= 15 is 0 Å². The molecule has 1 aromatic heterocycles. The molecule has 0 atom stereocenters. The van der Waals surface area contributed by atoms with Gasteiger partial charge in [0.05, 0.1) is 25.5 Å². The van der Waals surface area contributed by atoms with Crippen molar-refractivity contribution in [3.8, 4) is 28.5 Å². The van der Waals surface area contributed by atoms with Crippen LogP contribution in [0.5, 0.6) is 17.2 Å². The maximum atomic E-state index is 12.0. The molecule has 0 unspecified atom stereocenters. The first-order valence-electron chi connectivity index (χ1n) is 8.44. The van der Waals surface area contributed by atoms with E-state index in [1.165, 1.54) is 35.6 Å². The summed E-state index contributed by atoms with van der Waals surface area (Å²) < 4.78 is 15.4. The van der Waals surface area contributed by atoms with Crippen LogP contribution in [0.15, 0.2) is 47.8 Å². The van der Waals surface area contributed by atoms with E-state index < -0.39 is 18.5 Å². The van der Waals surface area contributed by atoms with Gasteiger partial charge in [0, 0.05) is 10.9 Å². The largest absolute Gasteiger partial charge is 0.508 e. The van der Waals surface area contributed by atoms with Crippen LogP contribution in [0.3, 0.4) is 0 Å². The van der Waals surface area contributed by atoms with Gasteiger partial charge in [-0.1, -0.05) is 6.07 Å². The van der Waals surface area contributed by atoms with Gasteiger partial charge in [-0.25, -0.2) is 9.78 Å². The highest BCUT2D eigenvalue weighted by molar-refractivity contribution is 7.14. The van der Waals surface area contributed by atoms with Crippen LogP contribution in [0.1, 0.15) is 10.4 Å². The van der Waals surface area contributed by atoms with Crippen molar-refractivity contribution < 1.29 is 28.9 Å². The van der Waals surface area contributed by atoms with Crippen molar-refractivity contribution >= 4 is 28.3 Å².